The number of ether oxygens (including phenoxy) is 1. The Morgan fingerprint density at radius 3 is 2.19 bits per heavy atom. The topological polar surface area (TPSA) is 35.0 Å². The Morgan fingerprint density at radius 2 is 1.67 bits per heavy atom. The summed E-state index contributed by atoms with van der Waals surface area (Å²) in [7, 11) is 0. The van der Waals surface area contributed by atoms with Crippen LogP contribution in [0.15, 0.2) is 24.3 Å². The van der Waals surface area contributed by atoms with Gasteiger partial charge in [-0.3, -0.25) is 0 Å². The molecule has 0 aliphatic heterocycles. The molecule has 0 spiro atoms. The molecule has 0 saturated heterocycles. The fourth-order valence-electron chi connectivity index (χ4n) is 2.18. The van der Waals surface area contributed by atoms with Gasteiger partial charge in [0, 0.05) is 6.61 Å². The minimum absolute atomic E-state index is 0.340. The van der Waals surface area contributed by atoms with Gasteiger partial charge >= 0.3 is 0 Å². The summed E-state index contributed by atoms with van der Waals surface area (Å²) >= 11 is 12.7. The fraction of sp³-hybridized carbons (Fsp3) is 0.375. The summed E-state index contributed by atoms with van der Waals surface area (Å²) in [4.78, 5) is 8.77. The molecule has 2 aromatic rings. The number of nitrogens with zero attached hydrogens (tertiary/aromatic N) is 2. The first kappa shape index (κ1) is 16.2. The second kappa shape index (κ2) is 6.30. The number of halogens is 2. The molecule has 3 nitrogen and oxygen atoms in total. The summed E-state index contributed by atoms with van der Waals surface area (Å²) in [5.41, 5.74) is 2.04. The van der Waals surface area contributed by atoms with E-state index in [1.807, 2.05) is 52.0 Å². The number of aryl methyl sites for hydroxylation is 1. The molecule has 0 N–H and O–H groups in total. The zero-order valence-corrected chi connectivity index (χ0v) is 14.1. The van der Waals surface area contributed by atoms with Crippen LogP contribution in [0.5, 0.6) is 0 Å². The van der Waals surface area contributed by atoms with E-state index in [0.29, 0.717) is 28.3 Å². The van der Waals surface area contributed by atoms with Gasteiger partial charge in [0.05, 0.1) is 5.56 Å². The summed E-state index contributed by atoms with van der Waals surface area (Å²) in [5.74, 6) is 0.483. The molecule has 0 aliphatic carbocycles. The van der Waals surface area contributed by atoms with Crippen LogP contribution in [-0.2, 0) is 10.3 Å². The van der Waals surface area contributed by atoms with Gasteiger partial charge in [-0.15, -0.1) is 0 Å². The zero-order chi connectivity index (χ0) is 15.6. The average Bonchev–Trinajstić information content (AvgIpc) is 2.40. The van der Waals surface area contributed by atoms with Crippen molar-refractivity contribution in [3.63, 3.8) is 0 Å². The summed E-state index contributed by atoms with van der Waals surface area (Å²) in [5, 5.41) is 0.680. The monoisotopic (exact) mass is 324 g/mol. The standard InChI is InChI=1S/C16H18Cl2N2O/c1-5-21-16(3,4)15-19-13(17)12(14(18)20-15)11-9-7-6-8-10(11)2/h6-9H,5H2,1-4H3. The fourth-order valence-corrected chi connectivity index (χ4v) is 2.77. The molecule has 1 aromatic heterocycles. The molecule has 1 aromatic carbocycles. The lowest BCUT2D eigenvalue weighted by atomic mass is 10.0. The lowest BCUT2D eigenvalue weighted by molar-refractivity contribution is -0.0207. The van der Waals surface area contributed by atoms with E-state index in [2.05, 4.69) is 9.97 Å². The molecule has 112 valence electrons. The predicted octanol–water partition coefficient (Wildman–Crippen LogP) is 5.03. The third-order valence-electron chi connectivity index (χ3n) is 3.28. The molecule has 0 unspecified atom stereocenters. The van der Waals surface area contributed by atoms with Gasteiger partial charge in [-0.1, -0.05) is 47.5 Å². The van der Waals surface area contributed by atoms with E-state index in [-0.39, 0.29) is 0 Å². The molecule has 21 heavy (non-hydrogen) atoms. The Labute approximate surface area is 135 Å². The highest BCUT2D eigenvalue weighted by Crippen LogP contribution is 2.36. The molecule has 0 saturated carbocycles. The van der Waals surface area contributed by atoms with Gasteiger partial charge in [-0.25, -0.2) is 9.97 Å². The van der Waals surface area contributed by atoms with Gasteiger partial charge in [0.1, 0.15) is 15.9 Å². The Balaban J connectivity index is 2.56. The van der Waals surface area contributed by atoms with Crippen LogP contribution in [0.25, 0.3) is 11.1 Å². The average molecular weight is 325 g/mol. The minimum atomic E-state index is -0.633. The van der Waals surface area contributed by atoms with E-state index in [4.69, 9.17) is 27.9 Å². The number of aromatic nitrogens is 2. The van der Waals surface area contributed by atoms with Crippen molar-refractivity contribution in [1.29, 1.82) is 0 Å². The normalized spacial score (nSPS) is 11.7. The molecule has 0 atom stereocenters. The highest BCUT2D eigenvalue weighted by molar-refractivity contribution is 6.37. The lowest BCUT2D eigenvalue weighted by Crippen LogP contribution is -2.25. The lowest BCUT2D eigenvalue weighted by Gasteiger charge is -2.23. The van der Waals surface area contributed by atoms with Crippen LogP contribution in [0.1, 0.15) is 32.2 Å². The SMILES string of the molecule is CCOC(C)(C)c1nc(Cl)c(-c2ccccc2C)c(Cl)n1. The van der Waals surface area contributed by atoms with Gasteiger partial charge in [0.25, 0.3) is 0 Å². The van der Waals surface area contributed by atoms with Gasteiger partial charge in [0.2, 0.25) is 0 Å². The maximum Gasteiger partial charge on any atom is 0.163 e. The van der Waals surface area contributed by atoms with Crippen molar-refractivity contribution < 1.29 is 4.74 Å². The Morgan fingerprint density at radius 1 is 1.10 bits per heavy atom. The van der Waals surface area contributed by atoms with Crippen LogP contribution in [0.3, 0.4) is 0 Å². The van der Waals surface area contributed by atoms with Crippen LogP contribution < -0.4 is 0 Å². The van der Waals surface area contributed by atoms with Gasteiger partial charge < -0.3 is 4.74 Å². The summed E-state index contributed by atoms with van der Waals surface area (Å²) in [6.45, 7) is 8.27. The van der Waals surface area contributed by atoms with Crippen LogP contribution in [0.4, 0.5) is 0 Å². The Kier molecular flexibility index (Phi) is 4.87. The van der Waals surface area contributed by atoms with Crippen molar-refractivity contribution in [2.24, 2.45) is 0 Å². The van der Waals surface area contributed by atoms with Crippen molar-refractivity contribution in [1.82, 2.24) is 9.97 Å². The third-order valence-corrected chi connectivity index (χ3v) is 3.83. The largest absolute Gasteiger partial charge is 0.368 e. The quantitative estimate of drug-likeness (QED) is 0.740. The number of rotatable bonds is 4. The third kappa shape index (κ3) is 3.37. The summed E-state index contributed by atoms with van der Waals surface area (Å²) < 4.78 is 5.65. The van der Waals surface area contributed by atoms with E-state index < -0.39 is 5.60 Å². The van der Waals surface area contributed by atoms with Crippen LogP contribution in [0, 0.1) is 6.92 Å². The molecule has 0 bridgehead atoms. The van der Waals surface area contributed by atoms with Crippen molar-refractivity contribution in [3.05, 3.63) is 46.0 Å². The highest BCUT2D eigenvalue weighted by Gasteiger charge is 2.27. The molecule has 2 rings (SSSR count). The highest BCUT2D eigenvalue weighted by atomic mass is 35.5. The number of benzene rings is 1. The van der Waals surface area contributed by atoms with E-state index in [1.165, 1.54) is 0 Å². The Bertz CT molecular complexity index is 633. The minimum Gasteiger partial charge on any atom is -0.368 e. The van der Waals surface area contributed by atoms with Crippen LogP contribution >= 0.6 is 23.2 Å². The first-order valence-corrected chi connectivity index (χ1v) is 7.56. The van der Waals surface area contributed by atoms with E-state index in [0.717, 1.165) is 11.1 Å². The van der Waals surface area contributed by atoms with Gasteiger partial charge in [-0.2, -0.15) is 0 Å². The number of hydrogen-bond donors (Lipinski definition) is 0. The van der Waals surface area contributed by atoms with E-state index in [9.17, 15) is 0 Å². The second-order valence-corrected chi connectivity index (χ2v) is 5.98. The van der Waals surface area contributed by atoms with Gasteiger partial charge in [0.15, 0.2) is 5.82 Å². The predicted molar refractivity (Wildman–Crippen MR) is 86.9 cm³/mol. The van der Waals surface area contributed by atoms with Gasteiger partial charge in [-0.05, 0) is 38.8 Å². The van der Waals surface area contributed by atoms with Crippen molar-refractivity contribution in [3.8, 4) is 11.1 Å². The van der Waals surface area contributed by atoms with E-state index in [1.54, 1.807) is 0 Å². The first-order chi connectivity index (χ1) is 9.86. The molecular weight excluding hydrogens is 307 g/mol. The molecule has 0 amide bonds. The van der Waals surface area contributed by atoms with Crippen molar-refractivity contribution in [2.75, 3.05) is 6.61 Å². The van der Waals surface area contributed by atoms with E-state index >= 15 is 0 Å². The smallest absolute Gasteiger partial charge is 0.163 e. The van der Waals surface area contributed by atoms with Crippen LogP contribution in [0.2, 0.25) is 10.3 Å². The van der Waals surface area contributed by atoms with Crippen molar-refractivity contribution >= 4 is 23.2 Å². The Hall–Kier alpha value is -1.16. The first-order valence-electron chi connectivity index (χ1n) is 6.80. The molecule has 0 radical (unpaired) electrons. The number of hydrogen-bond acceptors (Lipinski definition) is 3. The summed E-state index contributed by atoms with van der Waals surface area (Å²) in [6.07, 6.45) is 0. The molecular formula is C16H18Cl2N2O. The maximum atomic E-state index is 6.36. The molecule has 0 fully saturated rings. The maximum absolute atomic E-state index is 6.36. The van der Waals surface area contributed by atoms with Crippen LogP contribution in [-0.4, -0.2) is 16.6 Å². The molecule has 5 heteroatoms. The molecule has 1 heterocycles. The summed E-state index contributed by atoms with van der Waals surface area (Å²) in [6, 6.07) is 7.86. The zero-order valence-electron chi connectivity index (χ0n) is 12.6. The second-order valence-electron chi connectivity index (χ2n) is 5.26. The molecule has 0 aliphatic rings. The van der Waals surface area contributed by atoms with Crippen molar-refractivity contribution in [2.45, 2.75) is 33.3 Å².